The highest BCUT2D eigenvalue weighted by atomic mass is 16.5. The van der Waals surface area contributed by atoms with E-state index in [4.69, 9.17) is 4.74 Å². The summed E-state index contributed by atoms with van der Waals surface area (Å²) in [5, 5.41) is 3.84. The fraction of sp³-hybridized carbons (Fsp3) is 0.647. The molecule has 2 nitrogen and oxygen atoms in total. The second-order valence-corrected chi connectivity index (χ2v) is 6.39. The Morgan fingerprint density at radius 1 is 1.32 bits per heavy atom. The lowest BCUT2D eigenvalue weighted by Crippen LogP contribution is -2.43. The quantitative estimate of drug-likeness (QED) is 0.884. The molecule has 1 aromatic carbocycles. The van der Waals surface area contributed by atoms with E-state index in [-0.39, 0.29) is 0 Å². The number of hydrogen-bond acceptors (Lipinski definition) is 2. The molecule has 1 aliphatic heterocycles. The van der Waals surface area contributed by atoms with Crippen molar-refractivity contribution in [2.24, 2.45) is 11.3 Å². The summed E-state index contributed by atoms with van der Waals surface area (Å²) in [5.41, 5.74) is 1.92. The Balaban J connectivity index is 1.73. The minimum Gasteiger partial charge on any atom is -0.493 e. The van der Waals surface area contributed by atoms with Crippen LogP contribution in [0.25, 0.3) is 0 Å². The molecule has 0 bridgehead atoms. The third-order valence-electron chi connectivity index (χ3n) is 5.19. The number of hydrogen-bond donors (Lipinski definition) is 1. The summed E-state index contributed by atoms with van der Waals surface area (Å²) in [5.74, 6) is 1.61. The molecule has 0 aromatic heterocycles. The smallest absolute Gasteiger partial charge is 0.124 e. The maximum absolute atomic E-state index is 5.82. The highest BCUT2D eigenvalue weighted by Crippen LogP contribution is 2.44. The van der Waals surface area contributed by atoms with Gasteiger partial charge in [-0.15, -0.1) is 0 Å². The topological polar surface area (TPSA) is 21.3 Å². The van der Waals surface area contributed by atoms with Crippen LogP contribution < -0.4 is 10.1 Å². The maximum Gasteiger partial charge on any atom is 0.124 e. The van der Waals surface area contributed by atoms with Crippen LogP contribution in [0.1, 0.15) is 51.1 Å². The summed E-state index contributed by atoms with van der Waals surface area (Å²) in [7, 11) is 0. The van der Waals surface area contributed by atoms with Gasteiger partial charge in [-0.1, -0.05) is 38.5 Å². The van der Waals surface area contributed by atoms with E-state index in [1.165, 1.54) is 31.2 Å². The van der Waals surface area contributed by atoms with Crippen molar-refractivity contribution in [3.63, 3.8) is 0 Å². The maximum atomic E-state index is 5.82. The van der Waals surface area contributed by atoms with Gasteiger partial charge in [-0.25, -0.2) is 0 Å². The van der Waals surface area contributed by atoms with Gasteiger partial charge in [0.15, 0.2) is 0 Å². The highest BCUT2D eigenvalue weighted by molar-refractivity contribution is 5.37. The van der Waals surface area contributed by atoms with Crippen molar-refractivity contribution in [2.75, 3.05) is 13.2 Å². The number of rotatable bonds is 4. The molecule has 1 heterocycles. The molecule has 3 rings (SSSR count). The van der Waals surface area contributed by atoms with E-state index in [2.05, 4.69) is 43.4 Å². The molecule has 1 saturated carbocycles. The Morgan fingerprint density at radius 2 is 2.11 bits per heavy atom. The lowest BCUT2D eigenvalue weighted by Gasteiger charge is -2.43. The van der Waals surface area contributed by atoms with Gasteiger partial charge in [-0.05, 0) is 30.7 Å². The summed E-state index contributed by atoms with van der Waals surface area (Å²) < 4.78 is 5.82. The molecule has 2 atom stereocenters. The largest absolute Gasteiger partial charge is 0.493 e. The lowest BCUT2D eigenvalue weighted by molar-refractivity contribution is 0.104. The molecule has 0 radical (unpaired) electrons. The van der Waals surface area contributed by atoms with Gasteiger partial charge >= 0.3 is 0 Å². The monoisotopic (exact) mass is 259 g/mol. The third-order valence-corrected chi connectivity index (χ3v) is 5.19. The predicted octanol–water partition coefficient (Wildman–Crippen LogP) is 3.93. The number of ether oxygens (including phenoxy) is 1. The standard InChI is InChI=1S/C17H25NO/c1-3-17(9-6-10-17)12-18-16-13(2)11-19-15-8-5-4-7-14(15)16/h4-5,7-8,13,16,18H,3,6,9-12H2,1-2H3. The van der Waals surface area contributed by atoms with Crippen LogP contribution in [-0.2, 0) is 0 Å². The van der Waals surface area contributed by atoms with Gasteiger partial charge in [0.1, 0.15) is 5.75 Å². The van der Waals surface area contributed by atoms with E-state index in [9.17, 15) is 0 Å². The molecule has 104 valence electrons. The molecule has 0 amide bonds. The van der Waals surface area contributed by atoms with E-state index in [1.807, 2.05) is 0 Å². The molecular weight excluding hydrogens is 234 g/mol. The van der Waals surface area contributed by atoms with E-state index in [0.717, 1.165) is 18.9 Å². The van der Waals surface area contributed by atoms with Crippen LogP contribution in [-0.4, -0.2) is 13.2 Å². The van der Waals surface area contributed by atoms with Crippen molar-refractivity contribution < 1.29 is 4.74 Å². The van der Waals surface area contributed by atoms with Crippen LogP contribution in [0.3, 0.4) is 0 Å². The first-order chi connectivity index (χ1) is 9.24. The molecule has 0 saturated heterocycles. The van der Waals surface area contributed by atoms with E-state index in [1.54, 1.807) is 0 Å². The van der Waals surface area contributed by atoms with Gasteiger partial charge in [0.2, 0.25) is 0 Å². The Hall–Kier alpha value is -1.02. The Bertz CT molecular complexity index is 433. The summed E-state index contributed by atoms with van der Waals surface area (Å²) in [6.07, 6.45) is 5.51. The second-order valence-electron chi connectivity index (χ2n) is 6.39. The van der Waals surface area contributed by atoms with Crippen LogP contribution in [0.2, 0.25) is 0 Å². The summed E-state index contributed by atoms with van der Waals surface area (Å²) in [6.45, 7) is 6.61. The number of fused-ring (bicyclic) bond motifs is 1. The molecule has 1 N–H and O–H groups in total. The zero-order valence-electron chi connectivity index (χ0n) is 12.1. The van der Waals surface area contributed by atoms with Crippen molar-refractivity contribution in [1.29, 1.82) is 0 Å². The van der Waals surface area contributed by atoms with Gasteiger partial charge in [0.25, 0.3) is 0 Å². The van der Waals surface area contributed by atoms with Crippen molar-refractivity contribution in [3.05, 3.63) is 29.8 Å². The number of para-hydroxylation sites is 1. The molecule has 0 spiro atoms. The summed E-state index contributed by atoms with van der Waals surface area (Å²) >= 11 is 0. The first-order valence-electron chi connectivity index (χ1n) is 7.69. The van der Waals surface area contributed by atoms with Crippen LogP contribution in [0.15, 0.2) is 24.3 Å². The molecule has 2 unspecified atom stereocenters. The summed E-state index contributed by atoms with van der Waals surface area (Å²) in [4.78, 5) is 0. The van der Waals surface area contributed by atoms with E-state index < -0.39 is 0 Å². The van der Waals surface area contributed by atoms with Crippen LogP contribution in [0.4, 0.5) is 0 Å². The zero-order chi connectivity index (χ0) is 13.3. The lowest BCUT2D eigenvalue weighted by atomic mass is 9.67. The van der Waals surface area contributed by atoms with Crippen molar-refractivity contribution in [3.8, 4) is 5.75 Å². The Morgan fingerprint density at radius 3 is 2.79 bits per heavy atom. The van der Waals surface area contributed by atoms with Gasteiger partial charge < -0.3 is 10.1 Å². The summed E-state index contributed by atoms with van der Waals surface area (Å²) in [6, 6.07) is 8.93. The highest BCUT2D eigenvalue weighted by Gasteiger charge is 2.36. The van der Waals surface area contributed by atoms with Gasteiger partial charge in [0.05, 0.1) is 6.61 Å². The second kappa shape index (κ2) is 5.16. The fourth-order valence-corrected chi connectivity index (χ4v) is 3.46. The first-order valence-corrected chi connectivity index (χ1v) is 7.69. The van der Waals surface area contributed by atoms with Crippen molar-refractivity contribution in [2.45, 2.75) is 45.6 Å². The van der Waals surface area contributed by atoms with Crippen molar-refractivity contribution >= 4 is 0 Å². The minimum absolute atomic E-state index is 0.453. The SMILES string of the molecule is CCC1(CNC2c3ccccc3OCC2C)CCC1. The Kier molecular flexibility index (Phi) is 3.53. The Labute approximate surface area is 116 Å². The molecule has 19 heavy (non-hydrogen) atoms. The van der Waals surface area contributed by atoms with Crippen LogP contribution in [0.5, 0.6) is 5.75 Å². The van der Waals surface area contributed by atoms with E-state index >= 15 is 0 Å². The van der Waals surface area contributed by atoms with Crippen LogP contribution >= 0.6 is 0 Å². The zero-order valence-corrected chi connectivity index (χ0v) is 12.1. The van der Waals surface area contributed by atoms with Crippen LogP contribution in [0, 0.1) is 11.3 Å². The number of nitrogens with one attached hydrogen (secondary N) is 1. The average molecular weight is 259 g/mol. The van der Waals surface area contributed by atoms with Crippen molar-refractivity contribution in [1.82, 2.24) is 5.32 Å². The van der Waals surface area contributed by atoms with Gasteiger partial charge in [0, 0.05) is 24.1 Å². The number of benzene rings is 1. The molecule has 1 fully saturated rings. The first kappa shape index (κ1) is 13.0. The predicted molar refractivity (Wildman–Crippen MR) is 78.4 cm³/mol. The fourth-order valence-electron chi connectivity index (χ4n) is 3.46. The normalized spacial score (nSPS) is 28.1. The van der Waals surface area contributed by atoms with Gasteiger partial charge in [-0.3, -0.25) is 0 Å². The van der Waals surface area contributed by atoms with Gasteiger partial charge in [-0.2, -0.15) is 0 Å². The minimum atomic E-state index is 0.453. The molecule has 2 heteroatoms. The molecule has 1 aliphatic carbocycles. The van der Waals surface area contributed by atoms with E-state index in [0.29, 0.717) is 17.4 Å². The molecular formula is C17H25NO. The molecule has 2 aliphatic rings. The third kappa shape index (κ3) is 2.38. The molecule has 1 aromatic rings. The average Bonchev–Trinajstić information content (AvgIpc) is 2.40.